The molecule has 0 bridgehead atoms. The van der Waals surface area contributed by atoms with E-state index in [0.717, 1.165) is 0 Å². The van der Waals surface area contributed by atoms with E-state index in [4.69, 9.17) is 6.42 Å². The van der Waals surface area contributed by atoms with Crippen molar-refractivity contribution in [3.8, 4) is 12.3 Å². The smallest absolute Gasteiger partial charge is 0.163 e. The van der Waals surface area contributed by atoms with Crippen molar-refractivity contribution in [3.63, 3.8) is 0 Å². The minimum atomic E-state index is -0.376. The molecule has 0 aliphatic rings. The van der Waals surface area contributed by atoms with Crippen LogP contribution in [-0.2, 0) is 0 Å². The zero-order valence-corrected chi connectivity index (χ0v) is 8.97. The van der Waals surface area contributed by atoms with Gasteiger partial charge in [0.25, 0.3) is 0 Å². The topological polar surface area (TPSA) is 17.1 Å². The Kier molecular flexibility index (Phi) is 3.84. The van der Waals surface area contributed by atoms with E-state index in [0.29, 0.717) is 22.9 Å². The standard InChI is InChI=1S/C11H8BrFO/c1-2-3-4-11(14)8-5-6-10(13)9(12)7-8/h1,5-7H,3-4H2. The fourth-order valence-corrected chi connectivity index (χ4v) is 1.38. The molecule has 0 N–H and O–H groups in total. The van der Waals surface area contributed by atoms with Crippen molar-refractivity contribution in [2.24, 2.45) is 0 Å². The summed E-state index contributed by atoms with van der Waals surface area (Å²) in [4.78, 5) is 11.4. The zero-order valence-electron chi connectivity index (χ0n) is 7.39. The molecule has 0 atom stereocenters. The third-order valence-corrected chi connectivity index (χ3v) is 2.35. The second-order valence-corrected chi connectivity index (χ2v) is 3.61. The molecule has 1 aromatic rings. The first-order valence-corrected chi connectivity index (χ1v) is 4.86. The average molecular weight is 255 g/mol. The SMILES string of the molecule is C#CCCC(=O)c1ccc(F)c(Br)c1. The number of terminal acetylenes is 1. The number of halogens is 2. The maximum Gasteiger partial charge on any atom is 0.163 e. The van der Waals surface area contributed by atoms with Gasteiger partial charge in [-0.1, -0.05) is 0 Å². The molecule has 0 aliphatic carbocycles. The van der Waals surface area contributed by atoms with Crippen LogP contribution in [0.15, 0.2) is 22.7 Å². The van der Waals surface area contributed by atoms with Gasteiger partial charge < -0.3 is 0 Å². The second kappa shape index (κ2) is 4.92. The summed E-state index contributed by atoms with van der Waals surface area (Å²) in [5, 5.41) is 0. The molecule has 0 saturated heterocycles. The van der Waals surface area contributed by atoms with Crippen LogP contribution in [0.1, 0.15) is 23.2 Å². The molecular formula is C11H8BrFO. The van der Waals surface area contributed by atoms with Crippen LogP contribution in [0.2, 0.25) is 0 Å². The van der Waals surface area contributed by atoms with Gasteiger partial charge in [-0.25, -0.2) is 4.39 Å². The highest BCUT2D eigenvalue weighted by Crippen LogP contribution is 2.18. The molecule has 0 amide bonds. The van der Waals surface area contributed by atoms with E-state index in [9.17, 15) is 9.18 Å². The Hall–Kier alpha value is -1.14. The van der Waals surface area contributed by atoms with Gasteiger partial charge in [-0.3, -0.25) is 4.79 Å². The minimum absolute atomic E-state index is 0.0661. The Bertz CT molecular complexity index is 393. The van der Waals surface area contributed by atoms with Crippen molar-refractivity contribution in [3.05, 3.63) is 34.1 Å². The lowest BCUT2D eigenvalue weighted by atomic mass is 10.1. The van der Waals surface area contributed by atoms with Gasteiger partial charge in [0.05, 0.1) is 4.47 Å². The van der Waals surface area contributed by atoms with Crippen LogP contribution in [0.5, 0.6) is 0 Å². The largest absolute Gasteiger partial charge is 0.294 e. The molecule has 72 valence electrons. The highest BCUT2D eigenvalue weighted by Gasteiger charge is 2.07. The Morgan fingerprint density at radius 1 is 1.57 bits per heavy atom. The Morgan fingerprint density at radius 3 is 2.86 bits per heavy atom. The van der Waals surface area contributed by atoms with Crippen LogP contribution in [0.3, 0.4) is 0 Å². The highest BCUT2D eigenvalue weighted by atomic mass is 79.9. The maximum atomic E-state index is 12.8. The molecule has 0 aliphatic heterocycles. The lowest BCUT2D eigenvalue weighted by Gasteiger charge is -2.00. The van der Waals surface area contributed by atoms with Crippen LogP contribution in [0.25, 0.3) is 0 Å². The summed E-state index contributed by atoms with van der Waals surface area (Å²) in [5.74, 6) is 1.95. The molecule has 0 unspecified atom stereocenters. The van der Waals surface area contributed by atoms with Crippen molar-refractivity contribution in [1.82, 2.24) is 0 Å². The number of benzene rings is 1. The minimum Gasteiger partial charge on any atom is -0.294 e. The summed E-state index contributed by atoms with van der Waals surface area (Å²) in [6.07, 6.45) is 5.75. The van der Waals surface area contributed by atoms with E-state index in [-0.39, 0.29) is 11.6 Å². The number of rotatable bonds is 3. The summed E-state index contributed by atoms with van der Waals surface area (Å²) in [5.41, 5.74) is 0.480. The number of Topliss-reactive ketones (excluding diaryl/α,β-unsaturated/α-hetero) is 1. The van der Waals surface area contributed by atoms with E-state index in [2.05, 4.69) is 21.9 Å². The van der Waals surface area contributed by atoms with Crippen LogP contribution in [0.4, 0.5) is 4.39 Å². The summed E-state index contributed by atoms with van der Waals surface area (Å²) in [6.45, 7) is 0. The normalized spacial score (nSPS) is 9.50. The molecule has 3 heteroatoms. The molecule has 0 spiro atoms. The van der Waals surface area contributed by atoms with Gasteiger partial charge >= 0.3 is 0 Å². The molecule has 14 heavy (non-hydrogen) atoms. The quantitative estimate of drug-likeness (QED) is 0.598. The first-order chi connectivity index (χ1) is 6.65. The number of carbonyl (C=O) groups excluding carboxylic acids is 1. The molecule has 0 aromatic heterocycles. The van der Waals surface area contributed by atoms with Crippen LogP contribution >= 0.6 is 15.9 Å². The molecule has 0 saturated carbocycles. The first kappa shape index (κ1) is 10.9. The lowest BCUT2D eigenvalue weighted by Crippen LogP contribution is -1.98. The third-order valence-electron chi connectivity index (χ3n) is 1.74. The van der Waals surface area contributed by atoms with Gasteiger partial charge in [-0.05, 0) is 34.1 Å². The molecular weight excluding hydrogens is 247 g/mol. The fourth-order valence-electron chi connectivity index (χ4n) is 1.000. The van der Waals surface area contributed by atoms with Crippen molar-refractivity contribution in [2.45, 2.75) is 12.8 Å². The van der Waals surface area contributed by atoms with Gasteiger partial charge in [-0.2, -0.15) is 0 Å². The Balaban J connectivity index is 2.82. The van der Waals surface area contributed by atoms with Gasteiger partial charge in [0, 0.05) is 18.4 Å². The van der Waals surface area contributed by atoms with E-state index in [1.165, 1.54) is 18.2 Å². The van der Waals surface area contributed by atoms with Gasteiger partial charge in [0.1, 0.15) is 5.82 Å². The first-order valence-electron chi connectivity index (χ1n) is 4.07. The van der Waals surface area contributed by atoms with Crippen molar-refractivity contribution in [2.75, 3.05) is 0 Å². The molecule has 1 nitrogen and oxygen atoms in total. The molecule has 0 heterocycles. The average Bonchev–Trinajstić information content (AvgIpc) is 2.18. The molecule has 1 aromatic carbocycles. The van der Waals surface area contributed by atoms with E-state index in [1.807, 2.05) is 0 Å². The summed E-state index contributed by atoms with van der Waals surface area (Å²) in [6, 6.07) is 4.18. The van der Waals surface area contributed by atoms with Crippen LogP contribution in [-0.4, -0.2) is 5.78 Å². The second-order valence-electron chi connectivity index (χ2n) is 2.76. The van der Waals surface area contributed by atoms with Gasteiger partial charge in [0.15, 0.2) is 5.78 Å². The van der Waals surface area contributed by atoms with E-state index < -0.39 is 0 Å². The predicted molar refractivity (Wildman–Crippen MR) is 56.5 cm³/mol. The zero-order chi connectivity index (χ0) is 10.6. The van der Waals surface area contributed by atoms with Crippen molar-refractivity contribution >= 4 is 21.7 Å². The highest BCUT2D eigenvalue weighted by molar-refractivity contribution is 9.10. The lowest BCUT2D eigenvalue weighted by molar-refractivity contribution is 0.0984. The van der Waals surface area contributed by atoms with Gasteiger partial charge in [0.2, 0.25) is 0 Å². The number of ketones is 1. The number of hydrogen-bond donors (Lipinski definition) is 0. The molecule has 0 fully saturated rings. The number of hydrogen-bond acceptors (Lipinski definition) is 1. The van der Waals surface area contributed by atoms with Gasteiger partial charge in [-0.15, -0.1) is 12.3 Å². The Morgan fingerprint density at radius 2 is 2.29 bits per heavy atom. The van der Waals surface area contributed by atoms with Crippen molar-refractivity contribution < 1.29 is 9.18 Å². The third kappa shape index (κ3) is 2.68. The Labute approximate surface area is 90.4 Å². The fraction of sp³-hybridized carbons (Fsp3) is 0.182. The van der Waals surface area contributed by atoms with E-state index >= 15 is 0 Å². The number of carbonyl (C=O) groups is 1. The molecule has 1 rings (SSSR count). The summed E-state index contributed by atoms with van der Waals surface area (Å²) >= 11 is 3.01. The summed E-state index contributed by atoms with van der Waals surface area (Å²) in [7, 11) is 0. The predicted octanol–water partition coefficient (Wildman–Crippen LogP) is 3.18. The monoisotopic (exact) mass is 254 g/mol. The molecule has 0 radical (unpaired) electrons. The maximum absolute atomic E-state index is 12.8. The van der Waals surface area contributed by atoms with Crippen LogP contribution < -0.4 is 0 Å². The van der Waals surface area contributed by atoms with Crippen molar-refractivity contribution in [1.29, 1.82) is 0 Å². The van der Waals surface area contributed by atoms with Crippen LogP contribution in [0, 0.1) is 18.2 Å². The summed E-state index contributed by atoms with van der Waals surface area (Å²) < 4.78 is 13.1. The van der Waals surface area contributed by atoms with E-state index in [1.54, 1.807) is 0 Å².